The number of nitrogens with one attached hydrogen (secondary N) is 1. The predicted molar refractivity (Wildman–Crippen MR) is 89.9 cm³/mol. The first-order valence-corrected chi connectivity index (χ1v) is 9.27. The number of sulfonamides is 1. The molecule has 0 aromatic carbocycles. The van der Waals surface area contributed by atoms with Crippen molar-refractivity contribution in [1.82, 2.24) is 9.62 Å². The van der Waals surface area contributed by atoms with Crippen molar-refractivity contribution in [2.75, 3.05) is 19.6 Å². The van der Waals surface area contributed by atoms with Gasteiger partial charge in [0.1, 0.15) is 4.21 Å². The lowest BCUT2D eigenvalue weighted by Crippen LogP contribution is -2.38. The van der Waals surface area contributed by atoms with Crippen LogP contribution in [0.3, 0.4) is 0 Å². The maximum absolute atomic E-state index is 12.4. The highest BCUT2D eigenvalue weighted by Gasteiger charge is 2.28. The monoisotopic (exact) mass is 367 g/mol. The largest absolute Gasteiger partial charge is 0.352 e. The Morgan fingerprint density at radius 3 is 2.64 bits per heavy atom. The number of amides is 1. The fraction of sp³-hybridized carbons (Fsp3) is 0.615. The van der Waals surface area contributed by atoms with Crippen molar-refractivity contribution in [3.8, 4) is 0 Å². The van der Waals surface area contributed by atoms with Crippen LogP contribution in [0.25, 0.3) is 0 Å². The van der Waals surface area contributed by atoms with Crippen LogP contribution in [0.4, 0.5) is 0 Å². The van der Waals surface area contributed by atoms with Crippen LogP contribution in [0.15, 0.2) is 16.3 Å². The van der Waals surface area contributed by atoms with Crippen molar-refractivity contribution in [1.29, 1.82) is 0 Å². The van der Waals surface area contributed by atoms with Gasteiger partial charge in [0, 0.05) is 30.6 Å². The van der Waals surface area contributed by atoms with Gasteiger partial charge in [-0.1, -0.05) is 0 Å². The van der Waals surface area contributed by atoms with Crippen molar-refractivity contribution in [2.24, 2.45) is 5.73 Å². The molecule has 2 heterocycles. The Morgan fingerprint density at radius 2 is 2.05 bits per heavy atom. The molecule has 0 bridgehead atoms. The van der Waals surface area contributed by atoms with E-state index in [1.807, 2.05) is 6.92 Å². The quantitative estimate of drug-likeness (QED) is 0.783. The van der Waals surface area contributed by atoms with E-state index in [0.29, 0.717) is 23.8 Å². The summed E-state index contributed by atoms with van der Waals surface area (Å²) < 4.78 is 26.6. The number of rotatable bonds is 6. The van der Waals surface area contributed by atoms with Crippen LogP contribution in [0.1, 0.15) is 24.6 Å². The first kappa shape index (κ1) is 19.4. The summed E-state index contributed by atoms with van der Waals surface area (Å²) in [5.41, 5.74) is 5.45. The van der Waals surface area contributed by atoms with E-state index in [0.717, 1.165) is 17.7 Å². The number of nitrogens with zero attached hydrogens (tertiary/aromatic N) is 1. The zero-order valence-corrected chi connectivity index (χ0v) is 14.9. The number of hydrogen-bond donors (Lipinski definition) is 2. The molecule has 1 fully saturated rings. The predicted octanol–water partition coefficient (Wildman–Crippen LogP) is 0.960. The van der Waals surface area contributed by atoms with Crippen LogP contribution in [0, 0.1) is 0 Å². The second-order valence-electron chi connectivity index (χ2n) is 5.21. The van der Waals surface area contributed by atoms with Crippen LogP contribution >= 0.6 is 23.7 Å². The molecule has 0 aliphatic carbocycles. The van der Waals surface area contributed by atoms with Gasteiger partial charge in [0.05, 0.1) is 6.42 Å². The topological polar surface area (TPSA) is 92.5 Å². The first-order valence-electron chi connectivity index (χ1n) is 7.02. The SMILES string of the molecule is C[C@@H](CN)NC(=O)Cc1ccc(S(=O)(=O)N2CCCC2)s1.Cl. The molecule has 1 saturated heterocycles. The summed E-state index contributed by atoms with van der Waals surface area (Å²) in [5, 5.41) is 2.76. The fourth-order valence-electron chi connectivity index (χ4n) is 2.19. The molecule has 2 rings (SSSR count). The maximum Gasteiger partial charge on any atom is 0.252 e. The molecule has 1 amide bonds. The van der Waals surface area contributed by atoms with Gasteiger partial charge < -0.3 is 11.1 Å². The molecule has 126 valence electrons. The zero-order valence-electron chi connectivity index (χ0n) is 12.4. The van der Waals surface area contributed by atoms with Gasteiger partial charge in [0.15, 0.2) is 0 Å². The summed E-state index contributed by atoms with van der Waals surface area (Å²) in [7, 11) is -3.38. The van der Waals surface area contributed by atoms with Crippen LogP contribution < -0.4 is 11.1 Å². The number of nitrogens with two attached hydrogens (primary N) is 1. The molecular formula is C13H22ClN3O3S2. The summed E-state index contributed by atoms with van der Waals surface area (Å²) in [6, 6.07) is 3.22. The van der Waals surface area contributed by atoms with E-state index < -0.39 is 10.0 Å². The molecule has 0 unspecified atom stereocenters. The number of carbonyl (C=O) groups is 1. The number of hydrogen-bond acceptors (Lipinski definition) is 5. The molecular weight excluding hydrogens is 346 g/mol. The van der Waals surface area contributed by atoms with E-state index in [-0.39, 0.29) is 30.8 Å². The molecule has 0 saturated carbocycles. The van der Waals surface area contributed by atoms with Crippen LogP contribution in [0.5, 0.6) is 0 Å². The number of halogens is 1. The van der Waals surface area contributed by atoms with Crippen molar-refractivity contribution in [3.63, 3.8) is 0 Å². The molecule has 6 nitrogen and oxygen atoms in total. The third-order valence-corrected chi connectivity index (χ3v) is 6.84. The smallest absolute Gasteiger partial charge is 0.252 e. The summed E-state index contributed by atoms with van der Waals surface area (Å²) in [6.45, 7) is 3.38. The van der Waals surface area contributed by atoms with Crippen molar-refractivity contribution in [3.05, 3.63) is 17.0 Å². The van der Waals surface area contributed by atoms with Crippen molar-refractivity contribution < 1.29 is 13.2 Å². The lowest BCUT2D eigenvalue weighted by molar-refractivity contribution is -0.120. The molecule has 9 heteroatoms. The summed E-state index contributed by atoms with van der Waals surface area (Å²) in [4.78, 5) is 12.5. The van der Waals surface area contributed by atoms with Crippen molar-refractivity contribution >= 4 is 39.7 Å². The molecule has 1 atom stereocenters. The average molecular weight is 368 g/mol. The van der Waals surface area contributed by atoms with Gasteiger partial charge >= 0.3 is 0 Å². The Morgan fingerprint density at radius 1 is 1.41 bits per heavy atom. The Bertz CT molecular complexity index is 597. The number of thiophene rings is 1. The van der Waals surface area contributed by atoms with Gasteiger partial charge in [0.25, 0.3) is 10.0 Å². The Labute approximate surface area is 141 Å². The highest BCUT2D eigenvalue weighted by molar-refractivity contribution is 7.91. The minimum Gasteiger partial charge on any atom is -0.352 e. The van der Waals surface area contributed by atoms with Gasteiger partial charge in [-0.2, -0.15) is 4.31 Å². The van der Waals surface area contributed by atoms with E-state index in [1.165, 1.54) is 15.6 Å². The average Bonchev–Trinajstić information content (AvgIpc) is 3.09. The molecule has 1 aliphatic heterocycles. The normalized spacial score (nSPS) is 17.0. The summed E-state index contributed by atoms with van der Waals surface area (Å²) in [6.07, 6.45) is 2.01. The third kappa shape index (κ3) is 4.66. The Hall–Kier alpha value is -0.670. The maximum atomic E-state index is 12.4. The molecule has 1 aromatic heterocycles. The lowest BCUT2D eigenvalue weighted by atomic mass is 10.3. The van der Waals surface area contributed by atoms with Gasteiger partial charge in [-0.15, -0.1) is 23.7 Å². The van der Waals surface area contributed by atoms with E-state index in [2.05, 4.69) is 5.32 Å². The van der Waals surface area contributed by atoms with Crippen molar-refractivity contribution in [2.45, 2.75) is 36.4 Å². The first-order chi connectivity index (χ1) is 9.93. The molecule has 22 heavy (non-hydrogen) atoms. The molecule has 1 aliphatic rings. The highest BCUT2D eigenvalue weighted by atomic mass is 35.5. The molecule has 1 aromatic rings. The van der Waals surface area contributed by atoms with Gasteiger partial charge in [0.2, 0.25) is 5.91 Å². The zero-order chi connectivity index (χ0) is 15.5. The number of carbonyl (C=O) groups excluding carboxylic acids is 1. The van der Waals surface area contributed by atoms with E-state index in [4.69, 9.17) is 5.73 Å². The Balaban J connectivity index is 0.00000242. The van der Waals surface area contributed by atoms with E-state index >= 15 is 0 Å². The second-order valence-corrected chi connectivity index (χ2v) is 8.55. The van der Waals surface area contributed by atoms with Crippen LogP contribution in [-0.4, -0.2) is 44.3 Å². The van der Waals surface area contributed by atoms with Gasteiger partial charge in [-0.25, -0.2) is 8.42 Å². The minimum atomic E-state index is -3.38. The van der Waals surface area contributed by atoms with Gasteiger partial charge in [-0.3, -0.25) is 4.79 Å². The second kappa shape index (κ2) is 8.26. The van der Waals surface area contributed by atoms with Crippen LogP contribution in [-0.2, 0) is 21.2 Å². The third-order valence-electron chi connectivity index (χ3n) is 3.39. The van der Waals surface area contributed by atoms with Crippen LogP contribution in [0.2, 0.25) is 0 Å². The molecule has 0 spiro atoms. The molecule has 0 radical (unpaired) electrons. The summed E-state index contributed by atoms with van der Waals surface area (Å²) in [5.74, 6) is -0.139. The summed E-state index contributed by atoms with van der Waals surface area (Å²) >= 11 is 1.17. The van der Waals surface area contributed by atoms with E-state index in [1.54, 1.807) is 12.1 Å². The fourth-order valence-corrected chi connectivity index (χ4v) is 5.22. The minimum absolute atomic E-state index is 0. The van der Waals surface area contributed by atoms with Gasteiger partial charge in [-0.05, 0) is 31.9 Å². The standard InChI is InChI=1S/C13H21N3O3S2.ClH/c1-10(9-14)15-12(17)8-11-4-5-13(20-11)21(18,19)16-6-2-3-7-16;/h4-5,10H,2-3,6-9,14H2,1H3,(H,15,17);1H/t10-;/m0./s1. The highest BCUT2D eigenvalue weighted by Crippen LogP contribution is 2.27. The Kier molecular flexibility index (Phi) is 7.27. The van der Waals surface area contributed by atoms with E-state index in [9.17, 15) is 13.2 Å². The lowest BCUT2D eigenvalue weighted by Gasteiger charge is -2.13. The molecule has 3 N–H and O–H groups in total.